The Balaban J connectivity index is 1.56. The molecule has 0 radical (unpaired) electrons. The summed E-state index contributed by atoms with van der Waals surface area (Å²) in [5.74, 6) is -0.751. The second-order valence-electron chi connectivity index (χ2n) is 13.8. The SMILES string of the molecule is CCCCCCOC(C)c1c2[nH]c(c1C)/C=C1\N/C(=C3/CC(=O)C4=C(C)C(/C=c5\[nH]/c(c(C)c5CC)=C\2)N=C43)[C@@H](CCC(=O)O)[C@@H]1C. The minimum atomic E-state index is -0.815. The largest absolute Gasteiger partial charge is 0.481 e. The Bertz CT molecular complexity index is 1860. The Morgan fingerprint density at radius 3 is 2.57 bits per heavy atom. The molecule has 2 fully saturated rings. The zero-order valence-electron chi connectivity index (χ0n) is 29.0. The van der Waals surface area contributed by atoms with E-state index in [-0.39, 0.29) is 42.6 Å². The van der Waals surface area contributed by atoms with Crippen LogP contribution in [0.4, 0.5) is 0 Å². The van der Waals surface area contributed by atoms with Crippen molar-refractivity contribution in [2.75, 3.05) is 6.61 Å². The van der Waals surface area contributed by atoms with Crippen LogP contribution in [0.25, 0.3) is 18.2 Å². The lowest BCUT2D eigenvalue weighted by Gasteiger charge is -2.16. The molecule has 0 aromatic carbocycles. The van der Waals surface area contributed by atoms with Gasteiger partial charge in [-0.3, -0.25) is 14.6 Å². The van der Waals surface area contributed by atoms with E-state index < -0.39 is 5.97 Å². The molecule has 2 aromatic heterocycles. The lowest BCUT2D eigenvalue weighted by molar-refractivity contribution is -0.137. The number of unbranched alkanes of at least 4 members (excludes halogenated alkanes) is 3. The maximum Gasteiger partial charge on any atom is 0.303 e. The van der Waals surface area contributed by atoms with Crippen molar-refractivity contribution in [2.24, 2.45) is 16.8 Å². The van der Waals surface area contributed by atoms with Crippen molar-refractivity contribution in [3.8, 4) is 0 Å². The molecular formula is C39H50N4O4. The fourth-order valence-electron chi connectivity index (χ4n) is 8.09. The van der Waals surface area contributed by atoms with Gasteiger partial charge in [0.05, 0.1) is 17.9 Å². The molecule has 1 saturated carbocycles. The fourth-order valence-corrected chi connectivity index (χ4v) is 8.09. The summed E-state index contributed by atoms with van der Waals surface area (Å²) in [4.78, 5) is 37.9. The number of aliphatic imine (C=N–C) groups is 1. The number of nitrogens with one attached hydrogen (secondary N) is 3. The van der Waals surface area contributed by atoms with E-state index in [0.29, 0.717) is 6.42 Å². The van der Waals surface area contributed by atoms with E-state index in [1.54, 1.807) is 0 Å². The Kier molecular flexibility index (Phi) is 9.34. The first-order valence-corrected chi connectivity index (χ1v) is 17.5. The molecule has 8 nitrogen and oxygen atoms in total. The van der Waals surface area contributed by atoms with Gasteiger partial charge >= 0.3 is 5.97 Å². The highest BCUT2D eigenvalue weighted by atomic mass is 16.5. The van der Waals surface area contributed by atoms with Gasteiger partial charge in [0.2, 0.25) is 0 Å². The number of hydrogen-bond donors (Lipinski definition) is 4. The zero-order valence-corrected chi connectivity index (χ0v) is 29.0. The van der Waals surface area contributed by atoms with Crippen LogP contribution in [0, 0.1) is 25.7 Å². The van der Waals surface area contributed by atoms with Gasteiger partial charge in [0.25, 0.3) is 0 Å². The summed E-state index contributed by atoms with van der Waals surface area (Å²) in [6.45, 7) is 15.8. The van der Waals surface area contributed by atoms with Crippen LogP contribution in [0.5, 0.6) is 0 Å². The maximum atomic E-state index is 13.5. The number of ketones is 1. The van der Waals surface area contributed by atoms with Crippen molar-refractivity contribution in [1.82, 2.24) is 15.3 Å². The van der Waals surface area contributed by atoms with Crippen molar-refractivity contribution >= 4 is 35.7 Å². The number of carbonyl (C=O) groups excluding carboxylic acids is 1. The first kappa shape index (κ1) is 33.0. The Morgan fingerprint density at radius 2 is 1.85 bits per heavy atom. The molecule has 8 heteroatoms. The predicted octanol–water partition coefficient (Wildman–Crippen LogP) is 6.23. The number of carboxylic acid groups (broad SMARTS) is 1. The van der Waals surface area contributed by atoms with E-state index >= 15 is 0 Å². The van der Waals surface area contributed by atoms with E-state index in [4.69, 9.17) is 9.73 Å². The molecule has 0 spiro atoms. The minimum Gasteiger partial charge on any atom is -0.481 e. The molecule has 2 aromatic rings. The quantitative estimate of drug-likeness (QED) is 0.218. The summed E-state index contributed by atoms with van der Waals surface area (Å²) in [5.41, 5.74) is 12.1. The summed E-state index contributed by atoms with van der Waals surface area (Å²) in [5, 5.41) is 15.4. The lowest BCUT2D eigenvalue weighted by Crippen LogP contribution is -2.17. The van der Waals surface area contributed by atoms with Crippen LogP contribution < -0.4 is 16.0 Å². The molecule has 1 aliphatic carbocycles. The van der Waals surface area contributed by atoms with E-state index in [1.165, 1.54) is 30.4 Å². The molecule has 2 unspecified atom stereocenters. The first-order valence-electron chi connectivity index (χ1n) is 17.5. The van der Waals surface area contributed by atoms with E-state index in [0.717, 1.165) is 86.5 Å². The normalized spacial score (nSPS) is 26.4. The monoisotopic (exact) mass is 638 g/mol. The molecule has 3 aliphatic heterocycles. The maximum absolute atomic E-state index is 13.5. The van der Waals surface area contributed by atoms with Crippen LogP contribution >= 0.6 is 0 Å². The highest BCUT2D eigenvalue weighted by Gasteiger charge is 2.43. The average Bonchev–Trinajstić information content (AvgIpc) is 3.78. The Hall–Kier alpha value is -3.91. The zero-order chi connectivity index (χ0) is 33.6. The van der Waals surface area contributed by atoms with Gasteiger partial charge in [-0.1, -0.05) is 40.0 Å². The number of aromatic amines is 2. The molecule has 6 rings (SSSR count). The van der Waals surface area contributed by atoms with E-state index in [2.05, 4.69) is 75.1 Å². The van der Waals surface area contributed by atoms with Crippen molar-refractivity contribution in [3.05, 3.63) is 72.5 Å². The van der Waals surface area contributed by atoms with Gasteiger partial charge in [-0.05, 0) is 87.4 Å². The van der Waals surface area contributed by atoms with Gasteiger partial charge in [-0.25, -0.2) is 0 Å². The lowest BCUT2D eigenvalue weighted by atomic mass is 9.86. The standard InChI is InChI=1S/C39H50N4O4/c1-8-10-11-12-15-47-24(7)36-22(5)30-17-29-21(4)26(13-14-35(45)46)38(42-29)27-16-34(44)37-23(6)31(43-39(27)37)18-32-25(9-2)20(3)28(40-32)19-33(36)41-30/h17-19,21,24,26,31,40-42H,8-16H2,1-7H3,(H,45,46)/b28-19-,29-17-,32-18-,38-27-/t21-,24?,26-,31?/m0/s1. The van der Waals surface area contributed by atoms with Gasteiger partial charge in [-0.2, -0.15) is 0 Å². The number of carboxylic acids is 1. The third-order valence-corrected chi connectivity index (χ3v) is 10.8. The Morgan fingerprint density at radius 1 is 1.06 bits per heavy atom. The number of ether oxygens (including phenoxy) is 1. The van der Waals surface area contributed by atoms with E-state index in [1.807, 2.05) is 6.92 Å². The second-order valence-corrected chi connectivity index (χ2v) is 13.8. The molecule has 5 heterocycles. The number of rotatable bonds is 11. The van der Waals surface area contributed by atoms with Gasteiger partial charge in [0, 0.05) is 81.5 Å². The summed E-state index contributed by atoms with van der Waals surface area (Å²) in [6.07, 6.45) is 12.8. The molecule has 4 atom stereocenters. The molecule has 4 aliphatic rings. The van der Waals surface area contributed by atoms with E-state index in [9.17, 15) is 14.7 Å². The number of carbonyl (C=O) groups is 2. The number of aromatic nitrogens is 2. The van der Waals surface area contributed by atoms with Crippen molar-refractivity contribution in [3.63, 3.8) is 0 Å². The summed E-state index contributed by atoms with van der Waals surface area (Å²) in [6, 6.07) is -0.244. The van der Waals surface area contributed by atoms with Crippen LogP contribution in [-0.4, -0.2) is 45.2 Å². The van der Waals surface area contributed by atoms with Crippen LogP contribution in [-0.2, 0) is 20.7 Å². The number of H-pyrrole nitrogens is 2. The van der Waals surface area contributed by atoms with Crippen molar-refractivity contribution in [1.29, 1.82) is 0 Å². The van der Waals surface area contributed by atoms with Crippen LogP contribution in [0.2, 0.25) is 0 Å². The van der Waals surface area contributed by atoms with Crippen LogP contribution in [0.1, 0.15) is 119 Å². The molecule has 8 bridgehead atoms. The van der Waals surface area contributed by atoms with Gasteiger partial charge < -0.3 is 25.1 Å². The summed E-state index contributed by atoms with van der Waals surface area (Å²) in [7, 11) is 0. The number of Topliss-reactive ketones (excluding diaryl/α,β-unsaturated/α-hetero) is 1. The molecule has 4 N–H and O–H groups in total. The highest BCUT2D eigenvalue weighted by molar-refractivity contribution is 6.37. The number of hydrogen-bond acceptors (Lipinski definition) is 5. The first-order chi connectivity index (χ1) is 22.5. The third-order valence-electron chi connectivity index (χ3n) is 10.8. The Labute approximate surface area is 277 Å². The number of allylic oxidation sites excluding steroid dienone is 4. The van der Waals surface area contributed by atoms with Gasteiger partial charge in [0.15, 0.2) is 5.78 Å². The van der Waals surface area contributed by atoms with Crippen molar-refractivity contribution < 1.29 is 19.4 Å². The van der Waals surface area contributed by atoms with Crippen molar-refractivity contribution in [2.45, 2.75) is 112 Å². The molecule has 0 amide bonds. The van der Waals surface area contributed by atoms with Gasteiger partial charge in [-0.15, -0.1) is 0 Å². The number of nitrogens with zero attached hydrogens (tertiary/aromatic N) is 1. The number of fused-ring (bicyclic) bond motifs is 7. The fraction of sp³-hybridized carbons (Fsp3) is 0.513. The third kappa shape index (κ3) is 6.01. The average molecular weight is 639 g/mol. The van der Waals surface area contributed by atoms with Crippen LogP contribution in [0.3, 0.4) is 0 Å². The van der Waals surface area contributed by atoms with Crippen LogP contribution in [0.15, 0.2) is 33.1 Å². The molecular weight excluding hydrogens is 588 g/mol. The smallest absolute Gasteiger partial charge is 0.303 e. The van der Waals surface area contributed by atoms with Gasteiger partial charge in [0.1, 0.15) is 0 Å². The molecule has 1 saturated heterocycles. The highest BCUT2D eigenvalue weighted by Crippen LogP contribution is 2.44. The second kappa shape index (κ2) is 13.3. The summed E-state index contributed by atoms with van der Waals surface area (Å²) >= 11 is 0. The minimum absolute atomic E-state index is 0.0341. The topological polar surface area (TPSA) is 120 Å². The summed E-state index contributed by atoms with van der Waals surface area (Å²) < 4.78 is 6.45. The predicted molar refractivity (Wildman–Crippen MR) is 187 cm³/mol. The number of aliphatic carboxylic acids is 1. The molecule has 47 heavy (non-hydrogen) atoms. The molecule has 250 valence electrons.